The molecule has 1 heterocycles. The van der Waals surface area contributed by atoms with Crippen LogP contribution in [0.15, 0.2) is 200 Å². The molecule has 9 aromatic carbocycles. The lowest BCUT2D eigenvalue weighted by Gasteiger charge is -2.29. The van der Waals surface area contributed by atoms with Crippen LogP contribution in [-0.2, 0) is 0 Å². The van der Waals surface area contributed by atoms with E-state index in [0.717, 1.165) is 17.1 Å². The van der Waals surface area contributed by atoms with E-state index in [-0.39, 0.29) is 0 Å². The van der Waals surface area contributed by atoms with Crippen molar-refractivity contribution in [2.24, 2.45) is 0 Å². The van der Waals surface area contributed by atoms with E-state index in [1.54, 1.807) is 0 Å². The highest BCUT2D eigenvalue weighted by Gasteiger charge is 2.20. The first-order valence-corrected chi connectivity index (χ1v) is 18.6. The van der Waals surface area contributed by atoms with Gasteiger partial charge in [-0.05, 0) is 97.9 Å². The van der Waals surface area contributed by atoms with Gasteiger partial charge in [0.1, 0.15) is 0 Å². The molecule has 0 N–H and O–H groups in total. The summed E-state index contributed by atoms with van der Waals surface area (Å²) >= 11 is 1.86. The molecule has 0 radical (unpaired) electrons. The van der Waals surface area contributed by atoms with Crippen LogP contribution in [0.1, 0.15) is 0 Å². The topological polar surface area (TPSA) is 3.24 Å². The maximum Gasteiger partial charge on any atom is 0.0540 e. The molecule has 0 amide bonds. The fourth-order valence-electron chi connectivity index (χ4n) is 7.78. The normalized spacial score (nSPS) is 11.5. The summed E-state index contributed by atoms with van der Waals surface area (Å²) in [4.78, 5) is 2.45. The molecular weight excluding hydrogens is 647 g/mol. The largest absolute Gasteiger partial charge is 0.310 e. The van der Waals surface area contributed by atoms with Crippen LogP contribution in [0.4, 0.5) is 17.1 Å². The number of anilines is 3. The summed E-state index contributed by atoms with van der Waals surface area (Å²) in [6.07, 6.45) is 0. The van der Waals surface area contributed by atoms with Crippen molar-refractivity contribution < 1.29 is 0 Å². The lowest BCUT2D eigenvalue weighted by molar-refractivity contribution is 1.29. The molecule has 0 fully saturated rings. The standard InChI is InChI=1S/C50H33NS/c1-3-14-34(15-4-1)36-26-29-48(47(31-36)35-16-5-2-6-17-35)51(40-27-28-45-44-24-11-12-25-49(44)52-50(45)33-40)39-20-13-19-37(30-39)46-32-38-18-7-8-21-41(38)42-22-9-10-23-43(42)46/h1-33H. The van der Waals surface area contributed by atoms with Crippen molar-refractivity contribution in [2.45, 2.75) is 0 Å². The number of benzene rings is 9. The van der Waals surface area contributed by atoms with Crippen LogP contribution in [0.25, 0.3) is 75.1 Å². The fraction of sp³-hybridized carbons (Fsp3) is 0. The second-order valence-corrected chi connectivity index (χ2v) is 14.4. The van der Waals surface area contributed by atoms with Crippen molar-refractivity contribution in [3.8, 4) is 33.4 Å². The molecule has 0 spiro atoms. The van der Waals surface area contributed by atoms with E-state index < -0.39 is 0 Å². The van der Waals surface area contributed by atoms with Gasteiger partial charge in [-0.25, -0.2) is 0 Å². The lowest BCUT2D eigenvalue weighted by atomic mass is 9.93. The predicted octanol–water partition coefficient (Wildman–Crippen LogP) is 14.8. The Hall–Kier alpha value is -6.48. The van der Waals surface area contributed by atoms with Gasteiger partial charge in [-0.1, -0.05) is 152 Å². The quantitative estimate of drug-likeness (QED) is 0.158. The SMILES string of the molecule is c1ccc(-c2ccc(N(c3cccc(-c4cc5ccccc5c5ccccc45)c3)c3ccc4c(c3)sc3ccccc34)c(-c3ccccc3)c2)cc1. The third-order valence-corrected chi connectivity index (χ3v) is 11.4. The molecule has 0 aliphatic carbocycles. The van der Waals surface area contributed by atoms with Crippen molar-refractivity contribution >= 4 is 70.1 Å². The van der Waals surface area contributed by atoms with Crippen LogP contribution < -0.4 is 4.90 Å². The van der Waals surface area contributed by atoms with Gasteiger partial charge in [0, 0.05) is 37.1 Å². The Kier molecular flexibility index (Phi) is 7.41. The Morgan fingerprint density at radius 3 is 1.77 bits per heavy atom. The number of rotatable bonds is 6. The van der Waals surface area contributed by atoms with Crippen molar-refractivity contribution in [1.29, 1.82) is 0 Å². The highest BCUT2D eigenvalue weighted by molar-refractivity contribution is 7.25. The highest BCUT2D eigenvalue weighted by atomic mass is 32.1. The Morgan fingerprint density at radius 2 is 0.942 bits per heavy atom. The number of nitrogens with zero attached hydrogens (tertiary/aromatic N) is 1. The maximum absolute atomic E-state index is 2.45. The van der Waals surface area contributed by atoms with E-state index in [1.165, 1.54) is 75.1 Å². The van der Waals surface area contributed by atoms with Gasteiger partial charge < -0.3 is 4.90 Å². The minimum Gasteiger partial charge on any atom is -0.310 e. The third-order valence-electron chi connectivity index (χ3n) is 10.2. The molecule has 0 bridgehead atoms. The summed E-state index contributed by atoms with van der Waals surface area (Å²) in [6.45, 7) is 0. The number of fused-ring (bicyclic) bond motifs is 6. The summed E-state index contributed by atoms with van der Waals surface area (Å²) in [5.74, 6) is 0. The highest BCUT2D eigenvalue weighted by Crippen LogP contribution is 2.46. The summed E-state index contributed by atoms with van der Waals surface area (Å²) in [5, 5.41) is 7.66. The zero-order valence-electron chi connectivity index (χ0n) is 28.4. The zero-order chi connectivity index (χ0) is 34.4. The molecule has 0 atom stereocenters. The van der Waals surface area contributed by atoms with Gasteiger partial charge in [-0.15, -0.1) is 11.3 Å². The summed E-state index contributed by atoms with van der Waals surface area (Å²) in [7, 11) is 0. The Morgan fingerprint density at radius 1 is 0.308 bits per heavy atom. The lowest BCUT2D eigenvalue weighted by Crippen LogP contribution is -2.11. The van der Waals surface area contributed by atoms with Gasteiger partial charge >= 0.3 is 0 Å². The molecule has 10 rings (SSSR count). The van der Waals surface area contributed by atoms with E-state index in [2.05, 4.69) is 205 Å². The number of thiophene rings is 1. The first-order valence-electron chi connectivity index (χ1n) is 17.8. The van der Waals surface area contributed by atoms with Crippen LogP contribution in [0, 0.1) is 0 Å². The van der Waals surface area contributed by atoms with E-state index in [0.29, 0.717) is 0 Å². The molecule has 52 heavy (non-hydrogen) atoms. The zero-order valence-corrected chi connectivity index (χ0v) is 29.2. The van der Waals surface area contributed by atoms with Gasteiger partial charge in [0.05, 0.1) is 5.69 Å². The first kappa shape index (κ1) is 30.4. The van der Waals surface area contributed by atoms with E-state index >= 15 is 0 Å². The molecule has 0 unspecified atom stereocenters. The van der Waals surface area contributed by atoms with Gasteiger partial charge in [0.25, 0.3) is 0 Å². The molecule has 244 valence electrons. The molecule has 0 aliphatic rings. The van der Waals surface area contributed by atoms with Gasteiger partial charge in [0.2, 0.25) is 0 Å². The van der Waals surface area contributed by atoms with Crippen molar-refractivity contribution in [3.05, 3.63) is 200 Å². The Bertz CT molecular complexity index is 2910. The fourth-order valence-corrected chi connectivity index (χ4v) is 8.92. The van der Waals surface area contributed by atoms with Crippen LogP contribution in [-0.4, -0.2) is 0 Å². The summed E-state index contributed by atoms with van der Waals surface area (Å²) in [6, 6.07) is 73.0. The molecule has 1 aromatic heterocycles. The van der Waals surface area contributed by atoms with E-state index in [4.69, 9.17) is 0 Å². The molecule has 0 saturated carbocycles. The average molecular weight is 680 g/mol. The average Bonchev–Trinajstić information content (AvgIpc) is 3.59. The maximum atomic E-state index is 2.45. The van der Waals surface area contributed by atoms with Crippen molar-refractivity contribution in [2.75, 3.05) is 4.90 Å². The molecule has 2 heteroatoms. The summed E-state index contributed by atoms with van der Waals surface area (Å²) < 4.78 is 2.59. The molecular formula is C50H33NS. The predicted molar refractivity (Wildman–Crippen MR) is 225 cm³/mol. The van der Waals surface area contributed by atoms with Crippen LogP contribution >= 0.6 is 11.3 Å². The minimum atomic E-state index is 1.11. The number of hydrogen-bond acceptors (Lipinski definition) is 2. The minimum absolute atomic E-state index is 1.11. The van der Waals surface area contributed by atoms with Crippen LogP contribution in [0.5, 0.6) is 0 Å². The van der Waals surface area contributed by atoms with Crippen LogP contribution in [0.2, 0.25) is 0 Å². The van der Waals surface area contributed by atoms with Gasteiger partial charge in [-0.3, -0.25) is 0 Å². The smallest absolute Gasteiger partial charge is 0.0540 e. The number of hydrogen-bond donors (Lipinski definition) is 0. The van der Waals surface area contributed by atoms with Gasteiger partial charge in [0.15, 0.2) is 0 Å². The van der Waals surface area contributed by atoms with E-state index in [9.17, 15) is 0 Å². The first-order chi connectivity index (χ1) is 25.8. The van der Waals surface area contributed by atoms with Crippen molar-refractivity contribution in [1.82, 2.24) is 0 Å². The molecule has 0 aliphatic heterocycles. The Labute approximate surface area is 307 Å². The molecule has 10 aromatic rings. The monoisotopic (exact) mass is 679 g/mol. The van der Waals surface area contributed by atoms with Gasteiger partial charge in [-0.2, -0.15) is 0 Å². The molecule has 1 nitrogen and oxygen atoms in total. The van der Waals surface area contributed by atoms with Crippen LogP contribution in [0.3, 0.4) is 0 Å². The summed E-state index contributed by atoms with van der Waals surface area (Å²) in [5.41, 5.74) is 10.6. The Balaban J connectivity index is 1.22. The van der Waals surface area contributed by atoms with Crippen molar-refractivity contribution in [3.63, 3.8) is 0 Å². The third kappa shape index (κ3) is 5.24. The second kappa shape index (κ2) is 12.7. The second-order valence-electron chi connectivity index (χ2n) is 13.3. The molecule has 0 saturated heterocycles. The van der Waals surface area contributed by atoms with E-state index in [1.807, 2.05) is 11.3 Å².